The van der Waals surface area contributed by atoms with E-state index in [-0.39, 0.29) is 12.5 Å². The molecule has 2 aromatic rings. The number of esters is 1. The highest BCUT2D eigenvalue weighted by molar-refractivity contribution is 5.92. The summed E-state index contributed by atoms with van der Waals surface area (Å²) in [6.07, 6.45) is 3.61. The zero-order valence-electron chi connectivity index (χ0n) is 23.4. The van der Waals surface area contributed by atoms with Crippen molar-refractivity contribution >= 4 is 23.5 Å². The minimum Gasteiger partial charge on any atom is -0.497 e. The summed E-state index contributed by atoms with van der Waals surface area (Å²) in [5.74, 6) is -0.615. The highest BCUT2D eigenvalue weighted by atomic mass is 16.5. The number of amides is 2. The highest BCUT2D eigenvalue weighted by Gasteiger charge is 2.42. The van der Waals surface area contributed by atoms with Gasteiger partial charge in [-0.2, -0.15) is 0 Å². The van der Waals surface area contributed by atoms with E-state index in [9.17, 15) is 19.5 Å². The zero-order chi connectivity index (χ0) is 28.6. The molecule has 2 aliphatic heterocycles. The Labute approximate surface area is 235 Å². The summed E-state index contributed by atoms with van der Waals surface area (Å²) in [5.41, 5.74) is 1.51. The molecule has 4 atom stereocenters. The summed E-state index contributed by atoms with van der Waals surface area (Å²) in [6, 6.07) is 14.4. The number of carbonyl (C=O) groups excluding carboxylic acids is 3. The molecule has 9 nitrogen and oxygen atoms in total. The first-order valence-electron chi connectivity index (χ1n) is 13.9. The zero-order valence-corrected chi connectivity index (χ0v) is 23.4. The molecule has 40 heavy (non-hydrogen) atoms. The van der Waals surface area contributed by atoms with Gasteiger partial charge in [-0.3, -0.25) is 9.59 Å². The van der Waals surface area contributed by atoms with E-state index in [1.54, 1.807) is 13.2 Å². The van der Waals surface area contributed by atoms with Crippen LogP contribution in [-0.2, 0) is 19.1 Å². The predicted molar refractivity (Wildman–Crippen MR) is 152 cm³/mol. The molecular weight excluding hydrogens is 510 g/mol. The molecule has 1 fully saturated rings. The van der Waals surface area contributed by atoms with E-state index in [1.165, 1.54) is 4.90 Å². The molecule has 1 saturated heterocycles. The molecule has 9 heteroatoms. The van der Waals surface area contributed by atoms with Crippen molar-refractivity contribution in [2.24, 2.45) is 5.92 Å². The number of aliphatic hydroxyl groups is 1. The largest absolute Gasteiger partial charge is 0.497 e. The summed E-state index contributed by atoms with van der Waals surface area (Å²) >= 11 is 0. The number of nitrogens with zero attached hydrogens (tertiary/aromatic N) is 2. The van der Waals surface area contributed by atoms with Crippen LogP contribution < -0.4 is 15.0 Å². The molecule has 0 bridgehead atoms. The number of benzene rings is 2. The van der Waals surface area contributed by atoms with E-state index >= 15 is 0 Å². The number of ether oxygens (including phenoxy) is 2. The van der Waals surface area contributed by atoms with Crippen LogP contribution in [0, 0.1) is 5.92 Å². The lowest BCUT2D eigenvalue weighted by molar-refractivity contribution is -0.149. The fourth-order valence-electron chi connectivity index (χ4n) is 5.38. The van der Waals surface area contributed by atoms with Crippen molar-refractivity contribution < 1.29 is 29.0 Å². The van der Waals surface area contributed by atoms with Crippen LogP contribution in [0.25, 0.3) is 0 Å². The second-order valence-corrected chi connectivity index (χ2v) is 10.6. The van der Waals surface area contributed by atoms with Crippen LogP contribution in [0.4, 0.5) is 5.69 Å². The summed E-state index contributed by atoms with van der Waals surface area (Å²) in [4.78, 5) is 43.6. The van der Waals surface area contributed by atoms with Crippen molar-refractivity contribution in [2.45, 2.75) is 57.3 Å². The Bertz CT molecular complexity index is 1180. The monoisotopic (exact) mass is 549 g/mol. The Morgan fingerprint density at radius 1 is 1.02 bits per heavy atom. The molecular formula is C31H39N3O6. The number of carbonyl (C=O) groups is 3. The Morgan fingerprint density at radius 2 is 1.75 bits per heavy atom. The molecule has 0 saturated carbocycles. The number of aliphatic hydroxyl groups excluding tert-OH is 1. The van der Waals surface area contributed by atoms with Crippen LogP contribution in [-0.4, -0.2) is 72.8 Å². The average molecular weight is 550 g/mol. The summed E-state index contributed by atoms with van der Waals surface area (Å²) in [7, 11) is 1.59. The maximum atomic E-state index is 13.9. The SMILES string of the molecule is COc1ccc(N2C/C=C\COC(=O)[C@H](CC(C)C)NC(=O)[C@@H]3CCCN3C(=O)[C@@H](O)[C@@H]2c2ccccc2)cc1. The van der Waals surface area contributed by atoms with Crippen molar-refractivity contribution in [2.75, 3.05) is 31.7 Å². The second kappa shape index (κ2) is 13.5. The molecule has 0 aromatic heterocycles. The molecule has 0 unspecified atom stereocenters. The number of hydrogen-bond acceptors (Lipinski definition) is 7. The normalized spacial score (nSPS) is 25.5. The summed E-state index contributed by atoms with van der Waals surface area (Å²) in [5, 5.41) is 14.6. The lowest BCUT2D eigenvalue weighted by Crippen LogP contribution is -2.54. The molecule has 214 valence electrons. The van der Waals surface area contributed by atoms with Gasteiger partial charge in [-0.15, -0.1) is 0 Å². The van der Waals surface area contributed by atoms with Gasteiger partial charge in [0.2, 0.25) is 5.91 Å². The fourth-order valence-corrected chi connectivity index (χ4v) is 5.38. The van der Waals surface area contributed by atoms with E-state index in [1.807, 2.05) is 79.4 Å². The molecule has 4 rings (SSSR count). The first-order valence-corrected chi connectivity index (χ1v) is 13.9. The van der Waals surface area contributed by atoms with Crippen molar-refractivity contribution in [3.05, 3.63) is 72.3 Å². The number of cyclic esters (lactones) is 1. The maximum Gasteiger partial charge on any atom is 0.328 e. The second-order valence-electron chi connectivity index (χ2n) is 10.6. The third-order valence-corrected chi connectivity index (χ3v) is 7.37. The first kappa shape index (κ1) is 29.1. The number of rotatable bonds is 5. The first-order chi connectivity index (χ1) is 19.3. The van der Waals surface area contributed by atoms with E-state index in [2.05, 4.69) is 5.32 Å². The van der Waals surface area contributed by atoms with Crippen LogP contribution in [0.15, 0.2) is 66.7 Å². The van der Waals surface area contributed by atoms with Crippen molar-refractivity contribution in [1.29, 1.82) is 0 Å². The lowest BCUT2D eigenvalue weighted by Gasteiger charge is -2.38. The third-order valence-electron chi connectivity index (χ3n) is 7.37. The molecule has 0 aliphatic carbocycles. The number of fused-ring (bicyclic) bond motifs is 1. The van der Waals surface area contributed by atoms with Gasteiger partial charge in [0.25, 0.3) is 5.91 Å². The van der Waals surface area contributed by atoms with Crippen LogP contribution in [0.5, 0.6) is 5.75 Å². The smallest absolute Gasteiger partial charge is 0.328 e. The lowest BCUT2D eigenvalue weighted by atomic mass is 9.97. The number of nitrogens with one attached hydrogen (secondary N) is 1. The minimum absolute atomic E-state index is 0.0345. The molecule has 0 spiro atoms. The van der Waals surface area contributed by atoms with Crippen LogP contribution in [0.2, 0.25) is 0 Å². The molecule has 0 radical (unpaired) electrons. The molecule has 2 N–H and O–H groups in total. The van der Waals surface area contributed by atoms with Gasteiger partial charge in [0.05, 0.1) is 13.2 Å². The Balaban J connectivity index is 1.76. The summed E-state index contributed by atoms with van der Waals surface area (Å²) < 4.78 is 10.8. The van der Waals surface area contributed by atoms with Gasteiger partial charge >= 0.3 is 5.97 Å². The molecule has 2 amide bonds. The Hall–Kier alpha value is -3.85. The topological polar surface area (TPSA) is 108 Å². The highest BCUT2D eigenvalue weighted by Crippen LogP contribution is 2.33. The van der Waals surface area contributed by atoms with Crippen LogP contribution in [0.3, 0.4) is 0 Å². The summed E-state index contributed by atoms with van der Waals surface area (Å²) in [6.45, 7) is 4.63. The molecule has 2 aliphatic rings. The number of hydrogen-bond donors (Lipinski definition) is 2. The van der Waals surface area contributed by atoms with Gasteiger partial charge in [-0.05, 0) is 61.1 Å². The van der Waals surface area contributed by atoms with E-state index < -0.39 is 42.0 Å². The van der Waals surface area contributed by atoms with E-state index in [0.29, 0.717) is 38.1 Å². The fraction of sp³-hybridized carbons (Fsp3) is 0.452. The predicted octanol–water partition coefficient (Wildman–Crippen LogP) is 3.24. The van der Waals surface area contributed by atoms with Gasteiger partial charge < -0.3 is 29.7 Å². The quantitative estimate of drug-likeness (QED) is 0.436. The van der Waals surface area contributed by atoms with E-state index in [0.717, 1.165) is 11.3 Å². The van der Waals surface area contributed by atoms with Gasteiger partial charge in [0.15, 0.2) is 6.10 Å². The Morgan fingerprint density at radius 3 is 2.42 bits per heavy atom. The van der Waals surface area contributed by atoms with Crippen molar-refractivity contribution in [3.63, 3.8) is 0 Å². The number of anilines is 1. The minimum atomic E-state index is -1.46. The molecule has 2 aromatic carbocycles. The van der Waals surface area contributed by atoms with Gasteiger partial charge in [-0.1, -0.05) is 50.3 Å². The van der Waals surface area contributed by atoms with Gasteiger partial charge in [0.1, 0.15) is 24.4 Å². The average Bonchev–Trinajstić information content (AvgIpc) is 3.45. The maximum absolute atomic E-state index is 13.9. The van der Waals surface area contributed by atoms with Crippen LogP contribution in [0.1, 0.15) is 44.7 Å². The van der Waals surface area contributed by atoms with Crippen molar-refractivity contribution in [3.8, 4) is 5.75 Å². The third kappa shape index (κ3) is 6.83. The van der Waals surface area contributed by atoms with Crippen LogP contribution >= 0.6 is 0 Å². The van der Waals surface area contributed by atoms with Crippen molar-refractivity contribution in [1.82, 2.24) is 10.2 Å². The molecule has 2 heterocycles. The van der Waals surface area contributed by atoms with Gasteiger partial charge in [-0.25, -0.2) is 4.79 Å². The van der Waals surface area contributed by atoms with Gasteiger partial charge in [0, 0.05) is 18.8 Å². The Kier molecular flexibility index (Phi) is 9.82. The number of methoxy groups -OCH3 is 1. The van der Waals surface area contributed by atoms with E-state index in [4.69, 9.17) is 9.47 Å². The standard InChI is InChI=1S/C31H39N3O6/c1-21(2)20-25-31(38)40-19-8-7-17-33(23-13-15-24(39-3)16-14-23)27(22-10-5-4-6-11-22)28(35)30(37)34-18-9-12-26(34)29(36)32-25/h4-8,10-11,13-16,21,25-28,35H,9,12,17-20H2,1-3H3,(H,32,36)/b8-7-/t25-,26-,27-,28-/m0/s1.